The third kappa shape index (κ3) is 4.44. The number of carbonyl (C=O) groups is 2. The number of hydrogen-bond donors (Lipinski definition) is 2. The standard InChI is InChI=1S/C12H15NO4.Li/c1-7(2)10(12(16)17)13-11(15)8-3-5-9(14)6-4-8;/h3-7,10,14H,1-2H3,(H,13,15)(H,16,17);/q;+1/p-1. The Morgan fingerprint density at radius 2 is 1.72 bits per heavy atom. The van der Waals surface area contributed by atoms with E-state index in [1.165, 1.54) is 24.3 Å². The first-order chi connectivity index (χ1) is 7.91. The zero-order chi connectivity index (χ0) is 13.0. The maximum absolute atomic E-state index is 11.7. The van der Waals surface area contributed by atoms with Gasteiger partial charge in [-0.3, -0.25) is 4.79 Å². The summed E-state index contributed by atoms with van der Waals surface area (Å²) in [5.41, 5.74) is 0.275. The number of rotatable bonds is 4. The quantitative estimate of drug-likeness (QED) is 0.577. The van der Waals surface area contributed by atoms with Gasteiger partial charge in [-0.1, -0.05) is 38.1 Å². The van der Waals surface area contributed by atoms with Crippen LogP contribution in [-0.4, -0.2) is 23.0 Å². The van der Waals surface area contributed by atoms with Gasteiger partial charge in [-0.2, -0.15) is 0 Å². The van der Waals surface area contributed by atoms with E-state index in [0.29, 0.717) is 0 Å². The molecule has 0 aliphatic carbocycles. The molecular weight excluding hydrogens is 229 g/mol. The fraction of sp³-hybridized carbons (Fsp3) is 0.333. The molecule has 1 aromatic carbocycles. The number of amides is 1. The van der Waals surface area contributed by atoms with Crippen LogP contribution in [0, 0.1) is 5.92 Å². The molecule has 1 atom stereocenters. The van der Waals surface area contributed by atoms with Crippen molar-refractivity contribution in [2.75, 3.05) is 0 Å². The number of aliphatic carboxylic acids is 1. The summed E-state index contributed by atoms with van der Waals surface area (Å²) in [7, 11) is 0. The van der Waals surface area contributed by atoms with E-state index in [0.717, 1.165) is 0 Å². The molecule has 1 aromatic rings. The third-order valence-electron chi connectivity index (χ3n) is 2.34. The minimum atomic E-state index is -1.08. The van der Waals surface area contributed by atoms with Crippen LogP contribution in [0.2, 0.25) is 0 Å². The first kappa shape index (κ1) is 16.6. The topological polar surface area (TPSA) is 89.5 Å². The van der Waals surface area contributed by atoms with Gasteiger partial charge in [-0.15, -0.1) is 5.75 Å². The summed E-state index contributed by atoms with van der Waals surface area (Å²) in [5.74, 6) is -1.98. The Bertz CT molecular complexity index is 417. The Balaban J connectivity index is 0.00000289. The molecule has 1 amide bonds. The molecule has 5 nitrogen and oxygen atoms in total. The predicted molar refractivity (Wildman–Crippen MR) is 59.6 cm³/mol. The van der Waals surface area contributed by atoms with Crippen LogP contribution < -0.4 is 29.3 Å². The maximum Gasteiger partial charge on any atom is 1.00 e. The second-order valence-corrected chi connectivity index (χ2v) is 4.06. The smallest absolute Gasteiger partial charge is 0.872 e. The molecule has 0 aliphatic heterocycles. The number of hydrogen-bond acceptors (Lipinski definition) is 3. The Morgan fingerprint density at radius 1 is 1.22 bits per heavy atom. The summed E-state index contributed by atoms with van der Waals surface area (Å²) in [6.07, 6.45) is 0. The number of carbonyl (C=O) groups excluding carboxylic acids is 1. The second-order valence-electron chi connectivity index (χ2n) is 4.06. The van der Waals surface area contributed by atoms with Crippen molar-refractivity contribution in [3.63, 3.8) is 0 Å². The van der Waals surface area contributed by atoms with Gasteiger partial charge in [-0.05, 0) is 5.92 Å². The van der Waals surface area contributed by atoms with Crippen LogP contribution in [0.15, 0.2) is 24.3 Å². The van der Waals surface area contributed by atoms with Crippen molar-refractivity contribution in [1.29, 1.82) is 0 Å². The minimum Gasteiger partial charge on any atom is -0.872 e. The van der Waals surface area contributed by atoms with Crippen LogP contribution in [0.5, 0.6) is 5.75 Å². The zero-order valence-corrected chi connectivity index (χ0v) is 10.6. The molecule has 0 saturated carbocycles. The summed E-state index contributed by atoms with van der Waals surface area (Å²) in [5, 5.41) is 22.2. The Labute approximate surface area is 117 Å². The number of carboxylic acid groups (broad SMARTS) is 1. The van der Waals surface area contributed by atoms with Gasteiger partial charge in [0.2, 0.25) is 0 Å². The number of benzene rings is 1. The normalized spacial score (nSPS) is 11.5. The van der Waals surface area contributed by atoms with Gasteiger partial charge < -0.3 is 15.5 Å². The predicted octanol–water partition coefficient (Wildman–Crippen LogP) is -2.40. The molecule has 6 heteroatoms. The molecule has 0 aliphatic rings. The Morgan fingerprint density at radius 3 is 2.11 bits per heavy atom. The fourth-order valence-corrected chi connectivity index (χ4v) is 1.34. The van der Waals surface area contributed by atoms with Crippen LogP contribution >= 0.6 is 0 Å². The molecule has 1 unspecified atom stereocenters. The zero-order valence-electron chi connectivity index (χ0n) is 10.6. The van der Waals surface area contributed by atoms with Crippen molar-refractivity contribution in [1.82, 2.24) is 5.32 Å². The van der Waals surface area contributed by atoms with E-state index in [1.54, 1.807) is 13.8 Å². The van der Waals surface area contributed by atoms with E-state index in [2.05, 4.69) is 5.32 Å². The summed E-state index contributed by atoms with van der Waals surface area (Å²) >= 11 is 0. The van der Waals surface area contributed by atoms with Gasteiger partial charge in [0.25, 0.3) is 5.91 Å². The van der Waals surface area contributed by atoms with Gasteiger partial charge in [0.05, 0.1) is 0 Å². The average molecular weight is 243 g/mol. The van der Waals surface area contributed by atoms with Crippen molar-refractivity contribution < 1.29 is 38.7 Å². The van der Waals surface area contributed by atoms with E-state index >= 15 is 0 Å². The van der Waals surface area contributed by atoms with Gasteiger partial charge in [-0.25, -0.2) is 4.79 Å². The molecule has 0 saturated heterocycles. The molecule has 0 fully saturated rings. The molecule has 0 heterocycles. The van der Waals surface area contributed by atoms with E-state index in [1.807, 2.05) is 0 Å². The van der Waals surface area contributed by atoms with E-state index in [-0.39, 0.29) is 36.1 Å². The van der Waals surface area contributed by atoms with Gasteiger partial charge in [0.1, 0.15) is 6.04 Å². The van der Waals surface area contributed by atoms with Crippen molar-refractivity contribution in [2.45, 2.75) is 19.9 Å². The molecule has 2 N–H and O–H groups in total. The van der Waals surface area contributed by atoms with Crippen molar-refractivity contribution >= 4 is 11.9 Å². The maximum atomic E-state index is 11.7. The van der Waals surface area contributed by atoms with Crippen molar-refractivity contribution in [3.05, 3.63) is 29.8 Å². The van der Waals surface area contributed by atoms with Crippen LogP contribution in [-0.2, 0) is 4.79 Å². The molecule has 0 spiro atoms. The molecular formula is C12H14LiNO4. The SMILES string of the molecule is CC(C)C(NC(=O)c1ccc([O-])cc1)C(=O)O.[Li+]. The third-order valence-corrected chi connectivity index (χ3v) is 2.34. The summed E-state index contributed by atoms with van der Waals surface area (Å²) in [6.45, 7) is 3.42. The molecule has 0 radical (unpaired) electrons. The van der Waals surface area contributed by atoms with Gasteiger partial charge in [0.15, 0.2) is 0 Å². The fourth-order valence-electron chi connectivity index (χ4n) is 1.34. The van der Waals surface area contributed by atoms with E-state index in [9.17, 15) is 14.7 Å². The number of nitrogens with one attached hydrogen (secondary N) is 1. The molecule has 92 valence electrons. The Kier molecular flexibility index (Phi) is 6.53. The summed E-state index contributed by atoms with van der Waals surface area (Å²) < 4.78 is 0. The van der Waals surface area contributed by atoms with Crippen LogP contribution in [0.25, 0.3) is 0 Å². The summed E-state index contributed by atoms with van der Waals surface area (Å²) in [6, 6.07) is 4.34. The van der Waals surface area contributed by atoms with Crippen LogP contribution in [0.1, 0.15) is 24.2 Å². The van der Waals surface area contributed by atoms with E-state index < -0.39 is 17.9 Å². The minimum absolute atomic E-state index is 0. The number of carboxylic acids is 1. The molecule has 0 bridgehead atoms. The van der Waals surface area contributed by atoms with Crippen molar-refractivity contribution in [3.8, 4) is 5.75 Å². The average Bonchev–Trinajstić information content (AvgIpc) is 2.25. The van der Waals surface area contributed by atoms with Crippen LogP contribution in [0.3, 0.4) is 0 Å². The van der Waals surface area contributed by atoms with Gasteiger partial charge in [0, 0.05) is 5.56 Å². The Hall–Kier alpha value is -1.44. The summed E-state index contributed by atoms with van der Waals surface area (Å²) in [4.78, 5) is 22.6. The monoisotopic (exact) mass is 243 g/mol. The van der Waals surface area contributed by atoms with Crippen LogP contribution in [0.4, 0.5) is 0 Å². The molecule has 18 heavy (non-hydrogen) atoms. The first-order valence-electron chi connectivity index (χ1n) is 5.22. The van der Waals surface area contributed by atoms with E-state index in [4.69, 9.17) is 5.11 Å². The second kappa shape index (κ2) is 7.09. The van der Waals surface area contributed by atoms with Crippen molar-refractivity contribution in [2.24, 2.45) is 5.92 Å². The first-order valence-corrected chi connectivity index (χ1v) is 5.22. The molecule has 0 aromatic heterocycles. The molecule has 1 rings (SSSR count). The van der Waals surface area contributed by atoms with Gasteiger partial charge >= 0.3 is 24.8 Å². The largest absolute Gasteiger partial charge is 1.00 e.